The van der Waals surface area contributed by atoms with Gasteiger partial charge in [0.15, 0.2) is 5.69 Å². The number of thioether (sulfide) groups is 1. The van der Waals surface area contributed by atoms with Crippen molar-refractivity contribution in [2.75, 3.05) is 18.8 Å². The summed E-state index contributed by atoms with van der Waals surface area (Å²) in [4.78, 5) is 65.6. The Hall–Kier alpha value is -6.62. The summed E-state index contributed by atoms with van der Waals surface area (Å²) >= 11 is 1.86. The molecule has 374 valence electrons. The Labute approximate surface area is 406 Å². The largest absolute Gasteiger partial charge is 0.459 e. The minimum absolute atomic E-state index is 0.00196. The fourth-order valence-electron chi connectivity index (χ4n) is 7.91. The van der Waals surface area contributed by atoms with E-state index in [1.807, 2.05) is 11.8 Å². The van der Waals surface area contributed by atoms with Gasteiger partial charge in [0.2, 0.25) is 21.8 Å². The summed E-state index contributed by atoms with van der Waals surface area (Å²) in [6, 6.07) is 16.7. The molecule has 0 aliphatic carbocycles. The molecule has 19 nitrogen and oxygen atoms in total. The minimum atomic E-state index is -4.79. The van der Waals surface area contributed by atoms with Crippen LogP contribution in [0.2, 0.25) is 0 Å². The van der Waals surface area contributed by atoms with E-state index in [1.165, 1.54) is 48.5 Å². The lowest BCUT2D eigenvalue weighted by Gasteiger charge is -2.18. The van der Waals surface area contributed by atoms with Crippen LogP contribution in [0.5, 0.6) is 0 Å². The quantitative estimate of drug-likeness (QED) is 0.0102. The van der Waals surface area contributed by atoms with Crippen LogP contribution < -0.4 is 31.7 Å². The zero-order chi connectivity index (χ0) is 50.3. The number of amides is 5. The molecule has 5 amide bonds. The highest BCUT2D eigenvalue weighted by atomic mass is 32.2. The molecule has 0 unspecified atom stereocenters. The van der Waals surface area contributed by atoms with Crippen LogP contribution in [0.4, 0.5) is 23.7 Å². The number of nitrogens with two attached hydrogens (primary N) is 1. The number of nitrogens with zero attached hydrogens (tertiary/aromatic N) is 5. The van der Waals surface area contributed by atoms with Crippen LogP contribution in [-0.4, -0.2) is 90.1 Å². The Morgan fingerprint density at radius 2 is 1.56 bits per heavy atom. The van der Waals surface area contributed by atoms with Gasteiger partial charge in [0, 0.05) is 58.7 Å². The summed E-state index contributed by atoms with van der Waals surface area (Å²) in [6.07, 6.45) is 1.81. The Bertz CT molecular complexity index is 2630. The summed E-state index contributed by atoms with van der Waals surface area (Å²) < 4.78 is 71.4. The van der Waals surface area contributed by atoms with Crippen molar-refractivity contribution in [1.29, 1.82) is 0 Å². The van der Waals surface area contributed by atoms with Crippen LogP contribution in [0, 0.1) is 0 Å². The Balaban J connectivity index is 0.934. The van der Waals surface area contributed by atoms with E-state index in [4.69, 9.17) is 15.4 Å². The van der Waals surface area contributed by atoms with Crippen LogP contribution in [0.3, 0.4) is 0 Å². The van der Waals surface area contributed by atoms with Crippen molar-refractivity contribution in [1.82, 2.24) is 36.4 Å². The molecule has 2 aliphatic heterocycles. The van der Waals surface area contributed by atoms with Crippen molar-refractivity contribution in [3.63, 3.8) is 0 Å². The predicted octanol–water partition coefficient (Wildman–Crippen LogP) is 6.68. The third kappa shape index (κ3) is 15.4. The second-order valence-corrected chi connectivity index (χ2v) is 19.6. The number of azide groups is 1. The number of esters is 1. The number of urea groups is 1. The number of alkyl halides is 3. The number of halogens is 3. The van der Waals surface area contributed by atoms with Gasteiger partial charge >= 0.3 is 18.2 Å². The lowest BCUT2D eigenvalue weighted by Crippen LogP contribution is -2.42. The Morgan fingerprint density at radius 3 is 2.20 bits per heavy atom. The maximum absolute atomic E-state index is 13.8. The number of carbonyl (C=O) groups excluding carboxylic acids is 5. The molecule has 2 fully saturated rings. The first-order valence-electron chi connectivity index (χ1n) is 22.7. The average molecular weight is 1010 g/mol. The van der Waals surface area contributed by atoms with E-state index in [0.717, 1.165) is 60.7 Å². The van der Waals surface area contributed by atoms with Crippen LogP contribution in [-0.2, 0) is 41.9 Å². The highest BCUT2D eigenvalue weighted by molar-refractivity contribution is 8.00. The zero-order valence-corrected chi connectivity index (χ0v) is 39.6. The van der Waals surface area contributed by atoms with E-state index in [2.05, 4.69) is 41.7 Å². The molecule has 4 aromatic rings. The van der Waals surface area contributed by atoms with Crippen molar-refractivity contribution in [3.05, 3.63) is 106 Å². The maximum atomic E-state index is 13.8. The summed E-state index contributed by atoms with van der Waals surface area (Å²) in [5.41, 5.74) is 8.97. The number of benzene rings is 3. The van der Waals surface area contributed by atoms with Gasteiger partial charge in [-0.15, -0.1) is 0 Å². The molecule has 0 spiro atoms. The molecule has 0 radical (unpaired) electrons. The van der Waals surface area contributed by atoms with Gasteiger partial charge < -0.3 is 31.3 Å². The molecular weight excluding hydrogens is 956 g/mol. The van der Waals surface area contributed by atoms with Gasteiger partial charge in [-0.05, 0) is 98.5 Å². The predicted molar refractivity (Wildman–Crippen MR) is 254 cm³/mol. The topological polar surface area (TPSA) is 281 Å². The van der Waals surface area contributed by atoms with E-state index in [1.54, 1.807) is 12.1 Å². The van der Waals surface area contributed by atoms with Gasteiger partial charge in [-0.3, -0.25) is 14.4 Å². The van der Waals surface area contributed by atoms with Crippen LogP contribution in [0.15, 0.2) is 88.9 Å². The van der Waals surface area contributed by atoms with Crippen LogP contribution >= 0.6 is 11.8 Å². The number of hydrogen-bond donors (Lipinski definition) is 6. The normalized spacial score (nSPS) is 16.8. The van der Waals surface area contributed by atoms with Gasteiger partial charge in [0.1, 0.15) is 12.6 Å². The third-order valence-electron chi connectivity index (χ3n) is 11.6. The lowest BCUT2D eigenvalue weighted by molar-refractivity contribution is -0.147. The van der Waals surface area contributed by atoms with E-state index in [9.17, 15) is 45.6 Å². The smallest absolute Gasteiger partial charge is 0.435 e. The number of ether oxygens (including phenoxy) is 1. The van der Waals surface area contributed by atoms with Crippen molar-refractivity contribution in [2.24, 2.45) is 10.3 Å². The molecule has 0 saturated carbocycles. The number of primary sulfonamides is 1. The summed E-state index contributed by atoms with van der Waals surface area (Å²) in [5.74, 6) is -0.567. The van der Waals surface area contributed by atoms with E-state index >= 15 is 0 Å². The van der Waals surface area contributed by atoms with Gasteiger partial charge in [0.05, 0.1) is 28.4 Å². The molecule has 3 aromatic carbocycles. The third-order valence-corrected chi connectivity index (χ3v) is 14.1. The first kappa shape index (κ1) is 52.7. The monoisotopic (exact) mass is 1010 g/mol. The van der Waals surface area contributed by atoms with Crippen LogP contribution in [0.25, 0.3) is 27.4 Å². The number of sulfonamides is 1. The first-order chi connectivity index (χ1) is 33.5. The van der Waals surface area contributed by atoms with E-state index < -0.39 is 39.8 Å². The molecule has 2 aliphatic rings. The summed E-state index contributed by atoms with van der Waals surface area (Å²) in [5, 5.41) is 27.2. The number of rotatable bonds is 25. The molecule has 2 saturated heterocycles. The second-order valence-electron chi connectivity index (χ2n) is 16.8. The maximum Gasteiger partial charge on any atom is 0.435 e. The SMILES string of the molecule is [N-]=[N+]=Nc1ccc(C(=O)N[C@@H](CCCCNC(=O)CCCCCNC(=O)CCCC[C@@H]2SC[C@@H]3NC(=O)N[C@@H]32)C(=O)OCc2ccc(-c3cc(C(F)(F)F)nn3-c3ccc(S(N)(=O)=O)cc3)cc2)cc1. The van der Waals surface area contributed by atoms with Gasteiger partial charge in [-0.1, -0.05) is 54.4 Å². The van der Waals surface area contributed by atoms with E-state index in [0.29, 0.717) is 61.6 Å². The van der Waals surface area contributed by atoms with Crippen molar-refractivity contribution in [3.8, 4) is 16.9 Å². The van der Waals surface area contributed by atoms with Crippen molar-refractivity contribution < 1.29 is 50.3 Å². The number of carbonyl (C=O) groups is 5. The van der Waals surface area contributed by atoms with Crippen LogP contribution in [0.1, 0.15) is 92.2 Å². The number of hydrogen-bond acceptors (Lipinski definition) is 11. The Kier molecular flexibility index (Phi) is 18.7. The standard InChI is InChI=1S/C46H54F3N11O8S2/c47-46(48,49)39-26-37(60(58-39)33-20-22-34(23-21-33)70(51,66)67)30-14-12-29(13-15-30)27-68-44(64)35(54-43(63)31-16-18-32(19-17-31)57-59-50)8-5-7-25-53-40(61)10-2-1-6-24-52-41(62)11-4-3-9-38-42-36(28-69-38)55-45(65)56-42/h12-23,26,35-36,38,42H,1-11,24-25,27-28H2,(H,52,62)(H,53,61)(H,54,63)(H2,51,66,67)(H2,55,56,65)/t35-,36-,38-,42-/m0/s1. The molecular formula is C46H54F3N11O8S2. The Morgan fingerprint density at radius 1 is 0.900 bits per heavy atom. The molecule has 3 heterocycles. The fourth-order valence-corrected chi connectivity index (χ4v) is 9.97. The second kappa shape index (κ2) is 24.8. The van der Waals surface area contributed by atoms with Crippen molar-refractivity contribution >= 4 is 57.2 Å². The zero-order valence-electron chi connectivity index (χ0n) is 38.0. The van der Waals surface area contributed by atoms with Gasteiger partial charge in [-0.25, -0.2) is 27.8 Å². The molecule has 7 N–H and O–H groups in total. The first-order valence-corrected chi connectivity index (χ1v) is 25.3. The highest BCUT2D eigenvalue weighted by Gasteiger charge is 2.42. The molecule has 70 heavy (non-hydrogen) atoms. The average Bonchev–Trinajstić information content (AvgIpc) is 4.05. The van der Waals surface area contributed by atoms with Gasteiger partial charge in [-0.2, -0.15) is 30.0 Å². The summed E-state index contributed by atoms with van der Waals surface area (Å²) in [7, 11) is -4.05. The summed E-state index contributed by atoms with van der Waals surface area (Å²) in [6.45, 7) is 0.607. The molecule has 1 aromatic heterocycles. The minimum Gasteiger partial charge on any atom is -0.459 e. The molecule has 4 atom stereocenters. The van der Waals surface area contributed by atoms with Gasteiger partial charge in [0.25, 0.3) is 5.91 Å². The highest BCUT2D eigenvalue weighted by Crippen LogP contribution is 2.35. The number of aromatic nitrogens is 2. The lowest BCUT2D eigenvalue weighted by atomic mass is 10.0. The van der Waals surface area contributed by atoms with E-state index in [-0.39, 0.29) is 70.5 Å². The molecule has 0 bridgehead atoms. The number of unbranched alkanes of at least 4 members (excludes halogenated alkanes) is 4. The number of fused-ring (bicyclic) bond motifs is 1. The fraction of sp³-hybridized carbons (Fsp3) is 0.435. The number of nitrogens with one attached hydrogen (secondary N) is 5. The molecule has 24 heteroatoms. The molecule has 6 rings (SSSR count). The van der Waals surface area contributed by atoms with Crippen molar-refractivity contribution in [2.45, 2.75) is 112 Å².